The first-order valence-electron chi connectivity index (χ1n) is 12.2. The van der Waals surface area contributed by atoms with E-state index in [-0.39, 0.29) is 29.4 Å². The zero-order valence-corrected chi connectivity index (χ0v) is 20.3. The molecule has 1 aliphatic carbocycles. The van der Waals surface area contributed by atoms with Gasteiger partial charge in [-0.15, -0.1) is 0 Å². The van der Waals surface area contributed by atoms with Crippen LogP contribution in [0, 0.1) is 29.2 Å². The molecule has 0 N–H and O–H groups in total. The Kier molecular flexibility index (Phi) is 7.97. The van der Waals surface area contributed by atoms with E-state index in [2.05, 4.69) is 6.92 Å². The first-order chi connectivity index (χ1) is 17.3. The van der Waals surface area contributed by atoms with E-state index >= 15 is 4.39 Å². The van der Waals surface area contributed by atoms with Crippen molar-refractivity contribution in [3.63, 3.8) is 0 Å². The van der Waals surface area contributed by atoms with Gasteiger partial charge in [-0.2, -0.15) is 8.78 Å². The van der Waals surface area contributed by atoms with Crippen LogP contribution in [0.15, 0.2) is 48.5 Å². The second-order valence-electron chi connectivity index (χ2n) is 9.05. The Bertz CT molecular complexity index is 1230. The Morgan fingerprint density at radius 2 is 1.42 bits per heavy atom. The Hall–Kier alpha value is -3.35. The predicted octanol–water partition coefficient (Wildman–Crippen LogP) is 8.21. The first-order valence-corrected chi connectivity index (χ1v) is 12.2. The minimum Gasteiger partial charge on any atom is -0.491 e. The quantitative estimate of drug-likeness (QED) is 0.186. The predicted molar refractivity (Wildman–Crippen MR) is 129 cm³/mol. The smallest absolute Gasteiger partial charge is 0.343 e. The standard InChI is InChI=1S/C29H28F4O3/c1-3-17-5-7-18(8-6-17)21-13-14-22(26(31)25(21)30)19-9-11-20(12-10-19)29(34)36-24-16-15-23(35-4-2)27(32)28(24)33/h9-18H,3-8H2,1-2H3. The summed E-state index contributed by atoms with van der Waals surface area (Å²) in [5.74, 6) is -5.46. The van der Waals surface area contributed by atoms with E-state index < -0.39 is 35.0 Å². The number of ether oxygens (including phenoxy) is 2. The summed E-state index contributed by atoms with van der Waals surface area (Å²) in [7, 11) is 0. The average Bonchev–Trinajstić information content (AvgIpc) is 2.90. The molecular formula is C29H28F4O3. The highest BCUT2D eigenvalue weighted by Crippen LogP contribution is 2.39. The summed E-state index contributed by atoms with van der Waals surface area (Å²) in [4.78, 5) is 12.4. The second kappa shape index (κ2) is 11.1. The minimum absolute atomic E-state index is 0.0151. The number of hydrogen-bond donors (Lipinski definition) is 0. The van der Waals surface area contributed by atoms with Crippen LogP contribution in [0.5, 0.6) is 11.5 Å². The van der Waals surface area contributed by atoms with Gasteiger partial charge in [0.05, 0.1) is 12.2 Å². The topological polar surface area (TPSA) is 35.5 Å². The lowest BCUT2D eigenvalue weighted by Crippen LogP contribution is -2.14. The molecule has 0 amide bonds. The van der Waals surface area contributed by atoms with E-state index in [0.717, 1.165) is 38.2 Å². The number of hydrogen-bond acceptors (Lipinski definition) is 3. The molecule has 1 fully saturated rings. The summed E-state index contributed by atoms with van der Waals surface area (Å²) in [6.07, 6.45) is 4.86. The van der Waals surface area contributed by atoms with Gasteiger partial charge in [-0.25, -0.2) is 13.6 Å². The van der Waals surface area contributed by atoms with Crippen LogP contribution < -0.4 is 9.47 Å². The molecule has 0 unspecified atom stereocenters. The Morgan fingerprint density at radius 1 is 0.778 bits per heavy atom. The van der Waals surface area contributed by atoms with Crippen molar-refractivity contribution in [1.82, 2.24) is 0 Å². The molecule has 1 saturated carbocycles. The molecule has 190 valence electrons. The number of benzene rings is 3. The first kappa shape index (κ1) is 25.7. The van der Waals surface area contributed by atoms with Gasteiger partial charge in [0.15, 0.2) is 23.1 Å². The number of halogens is 4. The van der Waals surface area contributed by atoms with Gasteiger partial charge < -0.3 is 9.47 Å². The lowest BCUT2D eigenvalue weighted by molar-refractivity contribution is 0.0726. The molecule has 7 heteroatoms. The molecule has 0 bridgehead atoms. The summed E-state index contributed by atoms with van der Waals surface area (Å²) >= 11 is 0. The van der Waals surface area contributed by atoms with Crippen LogP contribution in [0.1, 0.15) is 67.8 Å². The van der Waals surface area contributed by atoms with E-state index in [1.807, 2.05) is 0 Å². The van der Waals surface area contributed by atoms with Crippen molar-refractivity contribution >= 4 is 5.97 Å². The van der Waals surface area contributed by atoms with Crippen LogP contribution in [0.3, 0.4) is 0 Å². The second-order valence-corrected chi connectivity index (χ2v) is 9.05. The molecule has 3 nitrogen and oxygen atoms in total. The minimum atomic E-state index is -1.34. The SMILES string of the molecule is CCOc1ccc(OC(=O)c2ccc(-c3ccc(C4CCC(CC)CC4)c(F)c3F)cc2)c(F)c1F. The molecule has 1 aliphatic rings. The summed E-state index contributed by atoms with van der Waals surface area (Å²) in [5, 5.41) is 0. The van der Waals surface area contributed by atoms with E-state index in [1.54, 1.807) is 19.1 Å². The maximum absolute atomic E-state index is 15.0. The van der Waals surface area contributed by atoms with Gasteiger partial charge in [-0.3, -0.25) is 0 Å². The molecule has 3 aromatic rings. The van der Waals surface area contributed by atoms with Crippen LogP contribution in [-0.2, 0) is 0 Å². The van der Waals surface area contributed by atoms with Crippen molar-refractivity contribution in [2.45, 2.75) is 51.9 Å². The highest BCUT2D eigenvalue weighted by atomic mass is 19.2. The molecular weight excluding hydrogens is 472 g/mol. The van der Waals surface area contributed by atoms with Gasteiger partial charge in [-0.05, 0) is 79.8 Å². The molecule has 4 rings (SSSR count). The van der Waals surface area contributed by atoms with Crippen molar-refractivity contribution in [1.29, 1.82) is 0 Å². The van der Waals surface area contributed by atoms with Crippen LogP contribution in [0.4, 0.5) is 17.6 Å². The lowest BCUT2D eigenvalue weighted by atomic mass is 9.77. The maximum Gasteiger partial charge on any atom is 0.343 e. The van der Waals surface area contributed by atoms with Crippen LogP contribution in [0.2, 0.25) is 0 Å². The van der Waals surface area contributed by atoms with Crippen LogP contribution in [-0.4, -0.2) is 12.6 Å². The van der Waals surface area contributed by atoms with E-state index in [4.69, 9.17) is 9.47 Å². The fraction of sp³-hybridized carbons (Fsp3) is 0.345. The molecule has 0 heterocycles. The van der Waals surface area contributed by atoms with Crippen molar-refractivity contribution in [2.24, 2.45) is 5.92 Å². The third kappa shape index (κ3) is 5.25. The van der Waals surface area contributed by atoms with Gasteiger partial charge in [0.25, 0.3) is 0 Å². The molecule has 0 saturated heterocycles. The van der Waals surface area contributed by atoms with Gasteiger partial charge in [0.2, 0.25) is 11.6 Å². The average molecular weight is 501 g/mol. The Labute approximate surface area is 208 Å². The zero-order chi connectivity index (χ0) is 25.8. The Balaban J connectivity index is 1.49. The van der Waals surface area contributed by atoms with Crippen molar-refractivity contribution in [3.05, 3.63) is 82.9 Å². The summed E-state index contributed by atoms with van der Waals surface area (Å²) in [6, 6.07) is 11.1. The highest BCUT2D eigenvalue weighted by Gasteiger charge is 2.26. The van der Waals surface area contributed by atoms with E-state index in [1.165, 1.54) is 30.3 Å². The highest BCUT2D eigenvalue weighted by molar-refractivity contribution is 5.91. The summed E-state index contributed by atoms with van der Waals surface area (Å²) in [5.41, 5.74) is 0.911. The fourth-order valence-corrected chi connectivity index (χ4v) is 4.79. The van der Waals surface area contributed by atoms with Crippen LogP contribution >= 0.6 is 0 Å². The number of rotatable bonds is 7. The molecule has 0 spiro atoms. The maximum atomic E-state index is 15.0. The molecule has 0 aromatic heterocycles. The zero-order valence-electron chi connectivity index (χ0n) is 20.3. The number of carbonyl (C=O) groups is 1. The van der Waals surface area contributed by atoms with Crippen molar-refractivity contribution < 1.29 is 31.8 Å². The third-order valence-electron chi connectivity index (χ3n) is 6.92. The molecule has 0 aliphatic heterocycles. The Morgan fingerprint density at radius 3 is 2.06 bits per heavy atom. The van der Waals surface area contributed by atoms with Crippen LogP contribution in [0.25, 0.3) is 11.1 Å². The molecule has 36 heavy (non-hydrogen) atoms. The van der Waals surface area contributed by atoms with Crippen molar-refractivity contribution in [3.8, 4) is 22.6 Å². The van der Waals surface area contributed by atoms with Gasteiger partial charge in [0, 0.05) is 5.56 Å². The third-order valence-corrected chi connectivity index (χ3v) is 6.92. The van der Waals surface area contributed by atoms with E-state index in [0.29, 0.717) is 17.0 Å². The van der Waals surface area contributed by atoms with E-state index in [9.17, 15) is 18.0 Å². The van der Waals surface area contributed by atoms with Gasteiger partial charge >= 0.3 is 5.97 Å². The monoisotopic (exact) mass is 500 g/mol. The molecule has 3 aromatic carbocycles. The summed E-state index contributed by atoms with van der Waals surface area (Å²) in [6.45, 7) is 3.93. The fourth-order valence-electron chi connectivity index (χ4n) is 4.79. The number of carbonyl (C=O) groups excluding carboxylic acids is 1. The number of esters is 1. The summed E-state index contributed by atoms with van der Waals surface area (Å²) < 4.78 is 68.2. The lowest BCUT2D eigenvalue weighted by Gasteiger charge is -2.28. The normalized spacial score (nSPS) is 17.6. The molecule has 0 atom stereocenters. The largest absolute Gasteiger partial charge is 0.491 e. The van der Waals surface area contributed by atoms with Crippen molar-refractivity contribution in [2.75, 3.05) is 6.61 Å². The van der Waals surface area contributed by atoms with Gasteiger partial charge in [0.1, 0.15) is 0 Å². The molecule has 0 radical (unpaired) electrons. The van der Waals surface area contributed by atoms with Gasteiger partial charge in [-0.1, -0.05) is 37.6 Å².